The maximum absolute atomic E-state index is 10.6. The second-order valence-corrected chi connectivity index (χ2v) is 8.38. The van der Waals surface area contributed by atoms with E-state index in [1.165, 1.54) is 37.6 Å². The quantitative estimate of drug-likeness (QED) is 0.166. The predicted molar refractivity (Wildman–Crippen MR) is 125 cm³/mol. The molecule has 2 N–H and O–H groups in total. The first-order valence-electron chi connectivity index (χ1n) is 10.7. The third-order valence-electron chi connectivity index (χ3n) is 6.52. The summed E-state index contributed by atoms with van der Waals surface area (Å²) in [5.74, 6) is 0.938. The van der Waals surface area contributed by atoms with Crippen LogP contribution in [0.15, 0.2) is 70.4 Å². The number of nitrogens with two attached hydrogens (primary N) is 1. The molecule has 5 rings (SSSR count). The molecule has 1 aliphatic carbocycles. The van der Waals surface area contributed by atoms with E-state index in [0.29, 0.717) is 12.5 Å². The zero-order valence-electron chi connectivity index (χ0n) is 17.8. The highest BCUT2D eigenvalue weighted by atomic mass is 16.7. The van der Waals surface area contributed by atoms with Gasteiger partial charge in [-0.25, -0.2) is 10.1 Å². The third-order valence-corrected chi connectivity index (χ3v) is 6.52. The third kappa shape index (κ3) is 3.56. The molecule has 1 atom stereocenters. The van der Waals surface area contributed by atoms with Crippen molar-refractivity contribution >= 4 is 27.5 Å². The molecule has 162 valence electrons. The normalized spacial score (nSPS) is 16.3. The van der Waals surface area contributed by atoms with E-state index < -0.39 is 5.03 Å². The molecule has 4 aromatic rings. The molecule has 0 radical (unpaired) electrons. The van der Waals surface area contributed by atoms with Crippen LogP contribution < -0.4 is 5.73 Å². The van der Waals surface area contributed by atoms with Crippen molar-refractivity contribution in [3.8, 4) is 0 Å². The minimum Gasteiger partial charge on any atom is -0.467 e. The number of hydrazone groups is 1. The zero-order valence-corrected chi connectivity index (χ0v) is 17.8. The molecule has 1 heterocycles. The summed E-state index contributed by atoms with van der Waals surface area (Å²) in [6.07, 6.45) is 4.65. The summed E-state index contributed by atoms with van der Waals surface area (Å²) in [4.78, 5) is 12.2. The molecule has 1 aliphatic rings. The Balaban J connectivity index is 1.47. The van der Waals surface area contributed by atoms with E-state index in [0.717, 1.165) is 30.6 Å². The SMILES string of the molecule is CN(Cc1occc1C1CCc2ccc3c(ccc4ccccc43)c2C1)C(N)=N[N+](=O)[O-]. The van der Waals surface area contributed by atoms with Gasteiger partial charge < -0.3 is 15.1 Å². The van der Waals surface area contributed by atoms with E-state index in [-0.39, 0.29) is 5.96 Å². The maximum Gasteiger partial charge on any atom is 0.268 e. The van der Waals surface area contributed by atoms with Crippen molar-refractivity contribution in [2.75, 3.05) is 7.05 Å². The number of aryl methyl sites for hydroxylation is 1. The van der Waals surface area contributed by atoms with E-state index >= 15 is 0 Å². The number of rotatable bonds is 4. The summed E-state index contributed by atoms with van der Waals surface area (Å²) in [5.41, 5.74) is 9.67. The van der Waals surface area contributed by atoms with E-state index in [4.69, 9.17) is 10.2 Å². The van der Waals surface area contributed by atoms with Crippen LogP contribution in [0.25, 0.3) is 21.5 Å². The molecule has 7 nitrogen and oxygen atoms in total. The fourth-order valence-corrected chi connectivity index (χ4v) is 4.91. The molecular weight excluding hydrogens is 404 g/mol. The van der Waals surface area contributed by atoms with Crippen LogP contribution in [0, 0.1) is 10.1 Å². The van der Waals surface area contributed by atoms with Crippen LogP contribution in [-0.4, -0.2) is 22.9 Å². The lowest BCUT2D eigenvalue weighted by Gasteiger charge is -2.27. The van der Waals surface area contributed by atoms with Gasteiger partial charge in [-0.3, -0.25) is 0 Å². The summed E-state index contributed by atoms with van der Waals surface area (Å²) in [6.45, 7) is 0.328. The highest BCUT2D eigenvalue weighted by molar-refractivity contribution is 6.08. The standard InChI is InChI=1S/C25H24N4O3/c1-28(25(26)27-29(30)31)15-24-20(12-13-32-24)18-7-6-17-9-10-21-19-5-3-2-4-16(19)8-11-22(21)23(17)14-18/h2-5,8-13,18H,6-7,14-15H2,1H3,(H2,26,27). The van der Waals surface area contributed by atoms with Crippen LogP contribution in [0.5, 0.6) is 0 Å². The first-order chi connectivity index (χ1) is 15.5. The molecule has 32 heavy (non-hydrogen) atoms. The number of fused-ring (bicyclic) bond motifs is 5. The van der Waals surface area contributed by atoms with Crippen LogP contribution in [0.3, 0.4) is 0 Å². The number of nitro groups is 1. The number of hydrogen-bond acceptors (Lipinski definition) is 3. The molecule has 3 aromatic carbocycles. The minimum absolute atomic E-state index is 0.149. The average Bonchev–Trinajstić information content (AvgIpc) is 3.25. The van der Waals surface area contributed by atoms with Gasteiger partial charge in [-0.05, 0) is 69.5 Å². The average molecular weight is 428 g/mol. The van der Waals surface area contributed by atoms with Crippen molar-refractivity contribution in [2.24, 2.45) is 10.8 Å². The second-order valence-electron chi connectivity index (χ2n) is 8.38. The van der Waals surface area contributed by atoms with E-state index in [1.54, 1.807) is 13.3 Å². The zero-order chi connectivity index (χ0) is 22.2. The van der Waals surface area contributed by atoms with Crippen LogP contribution >= 0.6 is 0 Å². The molecule has 0 amide bonds. The van der Waals surface area contributed by atoms with Crippen LogP contribution in [-0.2, 0) is 19.4 Å². The van der Waals surface area contributed by atoms with Gasteiger partial charge in [0.1, 0.15) is 10.9 Å². The van der Waals surface area contributed by atoms with Crippen molar-refractivity contribution in [1.29, 1.82) is 0 Å². The lowest BCUT2D eigenvalue weighted by atomic mass is 9.78. The van der Waals surface area contributed by atoms with Gasteiger partial charge in [-0.2, -0.15) is 0 Å². The Morgan fingerprint density at radius 2 is 1.97 bits per heavy atom. The van der Waals surface area contributed by atoms with Gasteiger partial charge in [0.05, 0.1) is 12.8 Å². The Morgan fingerprint density at radius 1 is 1.16 bits per heavy atom. The van der Waals surface area contributed by atoms with E-state index in [2.05, 4.69) is 53.6 Å². The number of nitrogens with zero attached hydrogens (tertiary/aromatic N) is 3. The van der Waals surface area contributed by atoms with Gasteiger partial charge in [0.2, 0.25) is 0 Å². The summed E-state index contributed by atoms with van der Waals surface area (Å²) in [7, 11) is 1.67. The molecule has 0 saturated heterocycles. The molecular formula is C25H24N4O3. The number of hydrogen-bond donors (Lipinski definition) is 1. The van der Waals surface area contributed by atoms with Crippen molar-refractivity contribution in [1.82, 2.24) is 4.90 Å². The molecule has 0 aliphatic heterocycles. The maximum atomic E-state index is 10.6. The number of guanidine groups is 1. The summed E-state index contributed by atoms with van der Waals surface area (Å²) in [6, 6.07) is 19.5. The lowest BCUT2D eigenvalue weighted by Crippen LogP contribution is -2.34. The topological polar surface area (TPSA) is 97.9 Å². The Hall–Kier alpha value is -3.87. The van der Waals surface area contributed by atoms with Crippen molar-refractivity contribution in [3.05, 3.63) is 93.4 Å². The van der Waals surface area contributed by atoms with E-state index in [9.17, 15) is 10.1 Å². The highest BCUT2D eigenvalue weighted by Crippen LogP contribution is 2.39. The minimum atomic E-state index is -0.790. The van der Waals surface area contributed by atoms with Crippen LogP contribution in [0.2, 0.25) is 0 Å². The Bertz CT molecular complexity index is 1360. The molecule has 0 spiro atoms. The first kappa shape index (κ1) is 20.1. The molecule has 0 saturated carbocycles. The Morgan fingerprint density at radius 3 is 2.81 bits per heavy atom. The van der Waals surface area contributed by atoms with Gasteiger partial charge in [-0.15, -0.1) is 0 Å². The molecule has 7 heteroatoms. The summed E-state index contributed by atoms with van der Waals surface area (Å²) < 4.78 is 5.75. The second kappa shape index (κ2) is 8.00. The van der Waals surface area contributed by atoms with Gasteiger partial charge in [-0.1, -0.05) is 48.5 Å². The lowest BCUT2D eigenvalue weighted by molar-refractivity contribution is -0.485. The fraction of sp³-hybridized carbons (Fsp3) is 0.240. The van der Waals surface area contributed by atoms with Crippen LogP contribution in [0.1, 0.15) is 34.8 Å². The molecule has 1 aromatic heterocycles. The van der Waals surface area contributed by atoms with Gasteiger partial charge in [0, 0.05) is 7.05 Å². The molecule has 1 unspecified atom stereocenters. The van der Waals surface area contributed by atoms with Crippen LogP contribution in [0.4, 0.5) is 0 Å². The molecule has 0 fully saturated rings. The molecule has 0 bridgehead atoms. The Kier molecular flexibility index (Phi) is 5.01. The van der Waals surface area contributed by atoms with Crippen molar-refractivity contribution < 1.29 is 9.45 Å². The smallest absolute Gasteiger partial charge is 0.268 e. The fourth-order valence-electron chi connectivity index (χ4n) is 4.91. The highest BCUT2D eigenvalue weighted by Gasteiger charge is 2.26. The van der Waals surface area contributed by atoms with Crippen molar-refractivity contribution in [3.63, 3.8) is 0 Å². The summed E-state index contributed by atoms with van der Waals surface area (Å²) in [5, 5.41) is 18.2. The monoisotopic (exact) mass is 428 g/mol. The van der Waals surface area contributed by atoms with E-state index in [1.807, 2.05) is 6.07 Å². The largest absolute Gasteiger partial charge is 0.467 e. The van der Waals surface area contributed by atoms with Crippen molar-refractivity contribution in [2.45, 2.75) is 31.7 Å². The first-order valence-corrected chi connectivity index (χ1v) is 10.7. The number of furan rings is 1. The van der Waals surface area contributed by atoms with Gasteiger partial charge in [0.15, 0.2) is 5.03 Å². The Labute approximate surface area is 185 Å². The number of benzene rings is 3. The van der Waals surface area contributed by atoms with Gasteiger partial charge in [0.25, 0.3) is 5.96 Å². The predicted octanol–water partition coefficient (Wildman–Crippen LogP) is 4.80. The summed E-state index contributed by atoms with van der Waals surface area (Å²) >= 11 is 0. The van der Waals surface area contributed by atoms with Gasteiger partial charge >= 0.3 is 0 Å².